The van der Waals surface area contributed by atoms with Crippen molar-refractivity contribution < 1.29 is 14.0 Å². The Hall–Kier alpha value is -2.70. The van der Waals surface area contributed by atoms with Crippen molar-refractivity contribution in [1.82, 2.24) is 0 Å². The van der Waals surface area contributed by atoms with Gasteiger partial charge in [0, 0.05) is 15.1 Å². The van der Waals surface area contributed by atoms with Crippen LogP contribution in [0.1, 0.15) is 11.7 Å². The highest BCUT2D eigenvalue weighted by atomic mass is 79.9. The molecule has 170 valence electrons. The number of benzene rings is 2. The lowest BCUT2D eigenvalue weighted by molar-refractivity contribution is -0.122. The molecule has 2 aliphatic rings. The van der Waals surface area contributed by atoms with Crippen LogP contribution in [-0.4, -0.2) is 17.1 Å². The van der Waals surface area contributed by atoms with E-state index in [9.17, 15) is 14.9 Å². The second-order valence-electron chi connectivity index (χ2n) is 7.75. The molecule has 0 bridgehead atoms. The van der Waals surface area contributed by atoms with E-state index >= 15 is 0 Å². The Balaban J connectivity index is 1.59. The number of hydrogen-bond donors (Lipinski definition) is 1. The van der Waals surface area contributed by atoms with E-state index in [2.05, 4.69) is 22.0 Å². The second kappa shape index (κ2) is 8.82. The lowest BCUT2D eigenvalue weighted by Gasteiger charge is -2.28. The Morgan fingerprint density at radius 1 is 1.06 bits per heavy atom. The summed E-state index contributed by atoms with van der Waals surface area (Å²) in [5, 5.41) is 10.2. The molecular weight excluding hydrogens is 561 g/mol. The highest BCUT2D eigenvalue weighted by Crippen LogP contribution is 2.51. The Kier molecular flexibility index (Phi) is 5.98. The number of nitrogens with zero attached hydrogens (tertiary/aromatic N) is 2. The van der Waals surface area contributed by atoms with Gasteiger partial charge in [-0.3, -0.25) is 9.59 Å². The van der Waals surface area contributed by atoms with Crippen molar-refractivity contribution in [3.8, 4) is 17.4 Å². The van der Waals surface area contributed by atoms with E-state index in [0.717, 1.165) is 21.1 Å². The number of halogens is 3. The molecular formula is C24H14BrCl2N3O3S. The molecule has 0 radical (unpaired) electrons. The summed E-state index contributed by atoms with van der Waals surface area (Å²) in [6.07, 6.45) is 0. The molecule has 1 fully saturated rings. The van der Waals surface area contributed by atoms with Crippen molar-refractivity contribution >= 4 is 68.4 Å². The molecule has 1 saturated heterocycles. The van der Waals surface area contributed by atoms with Crippen LogP contribution in [0.2, 0.25) is 10.0 Å². The summed E-state index contributed by atoms with van der Waals surface area (Å²) in [5.41, 5.74) is 7.42. The summed E-state index contributed by atoms with van der Waals surface area (Å²) in [7, 11) is 0. The Labute approximate surface area is 217 Å². The molecule has 3 aromatic rings. The summed E-state index contributed by atoms with van der Waals surface area (Å²) in [5.74, 6) is -1.68. The van der Waals surface area contributed by atoms with Gasteiger partial charge in [0.15, 0.2) is 0 Å². The number of nitriles is 1. The first kappa shape index (κ1) is 23.1. The van der Waals surface area contributed by atoms with E-state index in [-0.39, 0.29) is 16.5 Å². The second-order valence-corrected chi connectivity index (χ2v) is 10.7. The van der Waals surface area contributed by atoms with Gasteiger partial charge in [0.1, 0.15) is 16.8 Å². The molecule has 2 aliphatic heterocycles. The number of amides is 2. The van der Waals surface area contributed by atoms with E-state index in [1.807, 2.05) is 0 Å². The minimum absolute atomic E-state index is 0.197. The number of carbonyl (C=O) groups excluding carboxylic acids is 2. The van der Waals surface area contributed by atoms with E-state index in [4.69, 9.17) is 33.4 Å². The predicted molar refractivity (Wildman–Crippen MR) is 135 cm³/mol. The van der Waals surface area contributed by atoms with Crippen LogP contribution < -0.4 is 10.6 Å². The number of hydrogen-bond acceptors (Lipinski definition) is 6. The van der Waals surface area contributed by atoms with Gasteiger partial charge >= 0.3 is 0 Å². The third-order valence-electron chi connectivity index (χ3n) is 5.82. The maximum Gasteiger partial charge on any atom is 0.248 e. The van der Waals surface area contributed by atoms with Crippen molar-refractivity contribution in [3.05, 3.63) is 85.5 Å². The van der Waals surface area contributed by atoms with Gasteiger partial charge in [-0.25, -0.2) is 4.90 Å². The zero-order chi connectivity index (χ0) is 24.1. The van der Waals surface area contributed by atoms with Crippen molar-refractivity contribution in [2.75, 3.05) is 4.90 Å². The quantitative estimate of drug-likeness (QED) is 0.379. The van der Waals surface area contributed by atoms with Crippen LogP contribution in [0.3, 0.4) is 0 Å². The van der Waals surface area contributed by atoms with Crippen LogP contribution >= 0.6 is 50.9 Å². The highest BCUT2D eigenvalue weighted by Gasteiger charge is 2.57. The monoisotopic (exact) mass is 573 g/mol. The van der Waals surface area contributed by atoms with Crippen LogP contribution in [0.4, 0.5) is 5.69 Å². The molecule has 0 saturated carbocycles. The topological polar surface area (TPSA) is 100 Å². The van der Waals surface area contributed by atoms with Crippen LogP contribution in [0.5, 0.6) is 0 Å². The van der Waals surface area contributed by atoms with Gasteiger partial charge < -0.3 is 10.2 Å². The first-order valence-electron chi connectivity index (χ1n) is 10.0. The number of furan rings is 1. The average molecular weight is 575 g/mol. The van der Waals surface area contributed by atoms with Crippen molar-refractivity contribution in [3.63, 3.8) is 0 Å². The summed E-state index contributed by atoms with van der Waals surface area (Å²) in [6.45, 7) is 0. The molecule has 0 unspecified atom stereocenters. The third-order valence-corrected chi connectivity index (χ3v) is 8.13. The molecule has 2 amide bonds. The first-order chi connectivity index (χ1) is 16.3. The van der Waals surface area contributed by atoms with Gasteiger partial charge in [0.05, 0.1) is 39.2 Å². The van der Waals surface area contributed by atoms with Crippen LogP contribution in [-0.2, 0) is 9.59 Å². The predicted octanol–water partition coefficient (Wildman–Crippen LogP) is 6.10. The molecule has 0 spiro atoms. The Bertz CT molecular complexity index is 1410. The van der Waals surface area contributed by atoms with Gasteiger partial charge in [-0.1, -0.05) is 50.9 Å². The normalized spacial score (nSPS) is 22.2. The van der Waals surface area contributed by atoms with Gasteiger partial charge in [0.2, 0.25) is 11.8 Å². The third kappa shape index (κ3) is 3.73. The maximum atomic E-state index is 13.6. The first-order valence-corrected chi connectivity index (χ1v) is 12.5. The van der Waals surface area contributed by atoms with E-state index in [1.54, 1.807) is 54.6 Å². The molecule has 0 aliphatic carbocycles. The SMILES string of the molecule is N#CC1=C(N)S[C@@H]2C(=O)N(c3ccc(Br)cc3)C(=O)[C@@H]2[C@H]1c1ccc(-c2cc(Cl)ccc2Cl)o1. The molecule has 2 N–H and O–H groups in total. The Morgan fingerprint density at radius 2 is 1.79 bits per heavy atom. The van der Waals surface area contributed by atoms with Crippen LogP contribution in [0, 0.1) is 17.2 Å². The summed E-state index contributed by atoms with van der Waals surface area (Å²) in [6, 6.07) is 17.4. The van der Waals surface area contributed by atoms with Crippen LogP contribution in [0.25, 0.3) is 11.3 Å². The molecule has 6 nitrogen and oxygen atoms in total. The maximum absolute atomic E-state index is 13.6. The number of thioether (sulfide) groups is 1. The average Bonchev–Trinajstić information content (AvgIpc) is 3.39. The Morgan fingerprint density at radius 3 is 2.50 bits per heavy atom. The number of allylic oxidation sites excluding steroid dienone is 1. The fourth-order valence-electron chi connectivity index (χ4n) is 4.28. The lowest BCUT2D eigenvalue weighted by atomic mass is 9.82. The molecule has 5 rings (SSSR count). The standard InChI is InChI=1S/C24H14BrCl2N3O3S/c25-11-1-4-13(5-2-11)30-23(31)20-19(15(10-28)22(29)34-21(20)24(30)32)18-8-7-17(33-18)14-9-12(26)3-6-16(14)27/h1-9,19-21H,29H2/t19-,20-,21+/m1/s1. The van der Waals surface area contributed by atoms with Gasteiger partial charge in [-0.2, -0.15) is 5.26 Å². The van der Waals surface area contributed by atoms with Crippen molar-refractivity contribution in [1.29, 1.82) is 5.26 Å². The van der Waals surface area contributed by atoms with E-state index in [0.29, 0.717) is 32.8 Å². The largest absolute Gasteiger partial charge is 0.460 e. The minimum Gasteiger partial charge on any atom is -0.460 e. The van der Waals surface area contributed by atoms with Crippen molar-refractivity contribution in [2.45, 2.75) is 11.2 Å². The number of carbonyl (C=O) groups is 2. The molecule has 3 atom stereocenters. The highest BCUT2D eigenvalue weighted by molar-refractivity contribution is 9.10. The molecule has 3 heterocycles. The van der Waals surface area contributed by atoms with Crippen molar-refractivity contribution in [2.24, 2.45) is 11.7 Å². The lowest BCUT2D eigenvalue weighted by Crippen LogP contribution is -2.33. The molecule has 1 aromatic heterocycles. The smallest absolute Gasteiger partial charge is 0.248 e. The molecule has 34 heavy (non-hydrogen) atoms. The summed E-state index contributed by atoms with van der Waals surface area (Å²) >= 11 is 16.8. The van der Waals surface area contributed by atoms with E-state index in [1.165, 1.54) is 0 Å². The fourth-order valence-corrected chi connectivity index (χ4v) is 6.13. The van der Waals surface area contributed by atoms with Gasteiger partial charge in [0.25, 0.3) is 0 Å². The number of fused-ring (bicyclic) bond motifs is 1. The molecule has 2 aromatic carbocycles. The minimum atomic E-state index is -0.850. The summed E-state index contributed by atoms with van der Waals surface area (Å²) in [4.78, 5) is 28.1. The number of anilines is 1. The number of rotatable bonds is 3. The number of nitrogens with two attached hydrogens (primary N) is 1. The fraction of sp³-hybridized carbons (Fsp3) is 0.125. The molecule has 10 heteroatoms. The zero-order valence-corrected chi connectivity index (χ0v) is 21.1. The zero-order valence-electron chi connectivity index (χ0n) is 17.2. The van der Waals surface area contributed by atoms with Crippen LogP contribution in [0.15, 0.2) is 74.1 Å². The van der Waals surface area contributed by atoms with Gasteiger partial charge in [-0.15, -0.1) is 0 Å². The summed E-state index contributed by atoms with van der Waals surface area (Å²) < 4.78 is 6.91. The van der Waals surface area contributed by atoms with Gasteiger partial charge in [-0.05, 0) is 54.6 Å². The van der Waals surface area contributed by atoms with E-state index < -0.39 is 23.0 Å². The number of imide groups is 1.